The summed E-state index contributed by atoms with van der Waals surface area (Å²) >= 11 is 0. The van der Waals surface area contributed by atoms with E-state index in [1.165, 1.54) is 9.87 Å². The SMILES string of the molecule is CCN(CC)S(=O)(=O)c1cc(C)c(C)c(NC(=O)CCc2ccc(C)cc2)c1. The van der Waals surface area contributed by atoms with Crippen LogP contribution < -0.4 is 5.32 Å². The Morgan fingerprint density at radius 3 is 2.18 bits per heavy atom. The Balaban J connectivity index is 2.19. The van der Waals surface area contributed by atoms with Crippen molar-refractivity contribution in [3.8, 4) is 0 Å². The highest BCUT2D eigenvalue weighted by atomic mass is 32.2. The van der Waals surface area contributed by atoms with Crippen LogP contribution in [0.5, 0.6) is 0 Å². The van der Waals surface area contributed by atoms with Crippen molar-refractivity contribution in [2.24, 2.45) is 0 Å². The van der Waals surface area contributed by atoms with E-state index in [9.17, 15) is 13.2 Å². The number of hydrogen-bond donors (Lipinski definition) is 1. The van der Waals surface area contributed by atoms with Gasteiger partial charge in [0, 0.05) is 25.2 Å². The molecule has 1 amide bonds. The molecule has 6 heteroatoms. The van der Waals surface area contributed by atoms with Crippen LogP contribution >= 0.6 is 0 Å². The average Bonchev–Trinajstić information content (AvgIpc) is 2.65. The average molecular weight is 403 g/mol. The molecule has 0 saturated heterocycles. The lowest BCUT2D eigenvalue weighted by atomic mass is 10.1. The number of anilines is 1. The molecule has 0 aliphatic rings. The zero-order valence-electron chi connectivity index (χ0n) is 17.4. The number of amides is 1. The lowest BCUT2D eigenvalue weighted by Gasteiger charge is -2.20. The fourth-order valence-corrected chi connectivity index (χ4v) is 4.61. The Morgan fingerprint density at radius 1 is 1.00 bits per heavy atom. The first kappa shape index (κ1) is 22.1. The number of carbonyl (C=O) groups is 1. The Bertz CT molecular complexity index is 931. The second kappa shape index (κ2) is 9.34. The molecule has 0 radical (unpaired) electrons. The van der Waals surface area contributed by atoms with E-state index in [1.807, 2.05) is 58.9 Å². The van der Waals surface area contributed by atoms with E-state index < -0.39 is 10.0 Å². The van der Waals surface area contributed by atoms with Crippen molar-refractivity contribution in [3.63, 3.8) is 0 Å². The fraction of sp³-hybridized carbons (Fsp3) is 0.409. The molecule has 0 bridgehead atoms. The largest absolute Gasteiger partial charge is 0.326 e. The zero-order valence-corrected chi connectivity index (χ0v) is 18.2. The standard InChI is InChI=1S/C22H30N2O3S/c1-6-24(7-2)28(26,27)20-14-17(4)18(5)21(15-20)23-22(25)13-12-19-10-8-16(3)9-11-19/h8-11,14-15H,6-7,12-13H2,1-5H3,(H,23,25). The lowest BCUT2D eigenvalue weighted by molar-refractivity contribution is -0.116. The van der Waals surface area contributed by atoms with Crippen LogP contribution in [0, 0.1) is 20.8 Å². The van der Waals surface area contributed by atoms with Gasteiger partial charge in [0.05, 0.1) is 4.90 Å². The first-order chi connectivity index (χ1) is 13.2. The molecule has 2 aromatic carbocycles. The molecule has 2 rings (SSSR count). The van der Waals surface area contributed by atoms with E-state index in [1.54, 1.807) is 12.1 Å². The maximum atomic E-state index is 12.8. The molecule has 0 aliphatic carbocycles. The van der Waals surface area contributed by atoms with Gasteiger partial charge in [0.2, 0.25) is 15.9 Å². The van der Waals surface area contributed by atoms with Gasteiger partial charge in [0.1, 0.15) is 0 Å². The van der Waals surface area contributed by atoms with Gasteiger partial charge in [-0.1, -0.05) is 43.7 Å². The van der Waals surface area contributed by atoms with E-state index in [4.69, 9.17) is 0 Å². The molecule has 5 nitrogen and oxygen atoms in total. The third-order valence-electron chi connectivity index (χ3n) is 5.02. The van der Waals surface area contributed by atoms with Crippen LogP contribution in [-0.2, 0) is 21.2 Å². The van der Waals surface area contributed by atoms with Crippen molar-refractivity contribution in [1.29, 1.82) is 0 Å². The van der Waals surface area contributed by atoms with Gasteiger partial charge in [-0.15, -0.1) is 0 Å². The van der Waals surface area contributed by atoms with Crippen molar-refractivity contribution < 1.29 is 13.2 Å². The topological polar surface area (TPSA) is 66.5 Å². The van der Waals surface area contributed by atoms with Gasteiger partial charge in [-0.05, 0) is 56.0 Å². The number of aryl methyl sites for hydroxylation is 3. The quantitative estimate of drug-likeness (QED) is 0.719. The smallest absolute Gasteiger partial charge is 0.243 e. The van der Waals surface area contributed by atoms with Crippen molar-refractivity contribution in [2.45, 2.75) is 52.4 Å². The highest BCUT2D eigenvalue weighted by Gasteiger charge is 2.23. The predicted molar refractivity (Wildman–Crippen MR) is 114 cm³/mol. The molecular formula is C22H30N2O3S. The zero-order chi connectivity index (χ0) is 20.9. The molecule has 152 valence electrons. The van der Waals surface area contributed by atoms with Crippen LogP contribution in [0.2, 0.25) is 0 Å². The van der Waals surface area contributed by atoms with E-state index in [0.29, 0.717) is 31.6 Å². The van der Waals surface area contributed by atoms with Crippen molar-refractivity contribution in [2.75, 3.05) is 18.4 Å². The van der Waals surface area contributed by atoms with E-state index in [-0.39, 0.29) is 10.8 Å². The Hall–Kier alpha value is -2.18. The minimum Gasteiger partial charge on any atom is -0.326 e. The molecule has 0 fully saturated rings. The maximum absolute atomic E-state index is 12.8. The number of carbonyl (C=O) groups excluding carboxylic acids is 1. The summed E-state index contributed by atoms with van der Waals surface area (Å²) in [6.07, 6.45) is 0.982. The highest BCUT2D eigenvalue weighted by Crippen LogP contribution is 2.26. The van der Waals surface area contributed by atoms with Crippen LogP contribution in [0.3, 0.4) is 0 Å². The summed E-state index contributed by atoms with van der Waals surface area (Å²) in [7, 11) is -3.58. The summed E-state index contributed by atoms with van der Waals surface area (Å²) in [6.45, 7) is 10.2. The van der Waals surface area contributed by atoms with Crippen molar-refractivity contribution in [3.05, 3.63) is 58.7 Å². The third-order valence-corrected chi connectivity index (χ3v) is 7.05. The summed E-state index contributed by atoms with van der Waals surface area (Å²) in [5, 5.41) is 2.90. The van der Waals surface area contributed by atoms with Crippen LogP contribution in [0.25, 0.3) is 0 Å². The first-order valence-electron chi connectivity index (χ1n) is 9.65. The maximum Gasteiger partial charge on any atom is 0.243 e. The number of hydrogen-bond acceptors (Lipinski definition) is 3. The second-order valence-corrected chi connectivity index (χ2v) is 8.97. The van der Waals surface area contributed by atoms with Gasteiger partial charge in [0.25, 0.3) is 0 Å². The van der Waals surface area contributed by atoms with Crippen LogP contribution in [0.15, 0.2) is 41.3 Å². The summed E-state index contributed by atoms with van der Waals surface area (Å²) < 4.78 is 27.1. The van der Waals surface area contributed by atoms with E-state index >= 15 is 0 Å². The fourth-order valence-electron chi connectivity index (χ4n) is 3.04. The molecule has 0 heterocycles. The van der Waals surface area contributed by atoms with Gasteiger partial charge in [-0.2, -0.15) is 4.31 Å². The minimum absolute atomic E-state index is 0.125. The third kappa shape index (κ3) is 5.20. The summed E-state index contributed by atoms with van der Waals surface area (Å²) in [5.41, 5.74) is 4.56. The van der Waals surface area contributed by atoms with Crippen LogP contribution in [-0.4, -0.2) is 31.7 Å². The molecule has 0 aliphatic heterocycles. The highest BCUT2D eigenvalue weighted by molar-refractivity contribution is 7.89. The van der Waals surface area contributed by atoms with Gasteiger partial charge in [-0.3, -0.25) is 4.79 Å². The number of sulfonamides is 1. The van der Waals surface area contributed by atoms with Gasteiger partial charge < -0.3 is 5.32 Å². The number of nitrogens with one attached hydrogen (secondary N) is 1. The number of benzene rings is 2. The Labute approximate surface area is 168 Å². The summed E-state index contributed by atoms with van der Waals surface area (Å²) in [5.74, 6) is -0.125. The van der Waals surface area contributed by atoms with Crippen molar-refractivity contribution >= 4 is 21.6 Å². The predicted octanol–water partition coefficient (Wildman–Crippen LogP) is 4.21. The molecule has 0 unspecified atom stereocenters. The minimum atomic E-state index is -3.58. The number of nitrogens with zero attached hydrogens (tertiary/aromatic N) is 1. The molecule has 0 saturated carbocycles. The lowest BCUT2D eigenvalue weighted by Crippen LogP contribution is -2.30. The normalized spacial score (nSPS) is 11.6. The van der Waals surface area contributed by atoms with Gasteiger partial charge >= 0.3 is 0 Å². The molecule has 28 heavy (non-hydrogen) atoms. The van der Waals surface area contributed by atoms with E-state index in [0.717, 1.165) is 16.7 Å². The van der Waals surface area contributed by atoms with Crippen LogP contribution in [0.1, 0.15) is 42.5 Å². The molecule has 0 aromatic heterocycles. The van der Waals surface area contributed by atoms with Gasteiger partial charge in [-0.25, -0.2) is 8.42 Å². The van der Waals surface area contributed by atoms with Gasteiger partial charge in [0.15, 0.2) is 0 Å². The van der Waals surface area contributed by atoms with E-state index in [2.05, 4.69) is 5.32 Å². The molecule has 0 atom stereocenters. The molecule has 1 N–H and O–H groups in total. The second-order valence-electron chi connectivity index (χ2n) is 7.04. The Morgan fingerprint density at radius 2 is 1.61 bits per heavy atom. The monoisotopic (exact) mass is 402 g/mol. The molecular weight excluding hydrogens is 372 g/mol. The molecule has 0 spiro atoms. The number of rotatable bonds is 8. The summed E-state index contributed by atoms with van der Waals surface area (Å²) in [6, 6.07) is 11.3. The summed E-state index contributed by atoms with van der Waals surface area (Å²) in [4.78, 5) is 12.7. The van der Waals surface area contributed by atoms with Crippen LogP contribution in [0.4, 0.5) is 5.69 Å². The van der Waals surface area contributed by atoms with Crippen molar-refractivity contribution in [1.82, 2.24) is 4.31 Å². The molecule has 2 aromatic rings. The Kier molecular flexibility index (Phi) is 7.38. The first-order valence-corrected chi connectivity index (χ1v) is 11.1.